The van der Waals surface area contributed by atoms with Gasteiger partial charge in [0.25, 0.3) is 10.0 Å². The van der Waals surface area contributed by atoms with Gasteiger partial charge < -0.3 is 14.4 Å². The fourth-order valence-corrected chi connectivity index (χ4v) is 7.12. The van der Waals surface area contributed by atoms with Crippen LogP contribution in [-0.4, -0.2) is 60.3 Å². The Bertz CT molecular complexity index is 1390. The molecule has 0 N–H and O–H groups in total. The maximum absolute atomic E-state index is 13.8. The number of aryl methyl sites for hydroxylation is 1. The van der Waals surface area contributed by atoms with Crippen molar-refractivity contribution in [1.82, 2.24) is 4.90 Å². The first kappa shape index (κ1) is 26.3. The minimum atomic E-state index is -3.74. The van der Waals surface area contributed by atoms with Gasteiger partial charge in [-0.2, -0.15) is 0 Å². The van der Waals surface area contributed by atoms with Crippen molar-refractivity contribution in [3.8, 4) is 11.5 Å². The molecule has 7 nitrogen and oxygen atoms in total. The van der Waals surface area contributed by atoms with Crippen LogP contribution in [0.25, 0.3) is 0 Å². The van der Waals surface area contributed by atoms with Crippen LogP contribution in [0.3, 0.4) is 0 Å². The zero-order valence-electron chi connectivity index (χ0n) is 22.1. The molecule has 2 heterocycles. The zero-order valence-corrected chi connectivity index (χ0v) is 22.9. The summed E-state index contributed by atoms with van der Waals surface area (Å²) in [5.41, 5.74) is 3.78. The molecule has 3 aromatic rings. The van der Waals surface area contributed by atoms with Gasteiger partial charge in [-0.15, -0.1) is 0 Å². The van der Waals surface area contributed by atoms with Crippen LogP contribution in [0, 0.1) is 5.82 Å². The predicted octanol–water partition coefficient (Wildman–Crippen LogP) is 4.87. The van der Waals surface area contributed by atoms with Crippen LogP contribution in [0.1, 0.15) is 30.5 Å². The van der Waals surface area contributed by atoms with Crippen molar-refractivity contribution in [3.63, 3.8) is 0 Å². The van der Waals surface area contributed by atoms with Crippen LogP contribution in [0.15, 0.2) is 65.6 Å². The minimum absolute atomic E-state index is 0.0221. The lowest BCUT2D eigenvalue weighted by Crippen LogP contribution is -2.47. The van der Waals surface area contributed by atoms with Gasteiger partial charge in [0.1, 0.15) is 17.3 Å². The fraction of sp³-hybridized carbons (Fsp3) is 0.379. The quantitative estimate of drug-likeness (QED) is 0.427. The third kappa shape index (κ3) is 4.92. The Labute approximate surface area is 224 Å². The van der Waals surface area contributed by atoms with Crippen molar-refractivity contribution in [2.75, 3.05) is 56.1 Å². The Morgan fingerprint density at radius 3 is 2.32 bits per heavy atom. The van der Waals surface area contributed by atoms with Crippen molar-refractivity contribution < 1.29 is 22.3 Å². The van der Waals surface area contributed by atoms with Crippen molar-refractivity contribution in [1.29, 1.82) is 0 Å². The number of ether oxygens (including phenoxy) is 2. The molecule has 2 aliphatic rings. The van der Waals surface area contributed by atoms with E-state index in [1.807, 2.05) is 12.1 Å². The van der Waals surface area contributed by atoms with Gasteiger partial charge in [-0.1, -0.05) is 18.2 Å². The van der Waals surface area contributed by atoms with E-state index < -0.39 is 10.0 Å². The molecule has 0 aliphatic carbocycles. The normalized spacial score (nSPS) is 17.2. The van der Waals surface area contributed by atoms with Gasteiger partial charge >= 0.3 is 0 Å². The van der Waals surface area contributed by atoms with Gasteiger partial charge in [0.2, 0.25) is 0 Å². The number of hydrogen-bond acceptors (Lipinski definition) is 6. The van der Waals surface area contributed by atoms with E-state index in [9.17, 15) is 12.8 Å². The number of sulfonamides is 1. The number of rotatable bonds is 7. The Morgan fingerprint density at radius 1 is 0.895 bits per heavy atom. The van der Waals surface area contributed by atoms with Crippen LogP contribution < -0.4 is 18.7 Å². The number of fused-ring (bicyclic) bond motifs is 1. The monoisotopic (exact) mass is 539 g/mol. The smallest absolute Gasteiger partial charge is 0.264 e. The summed E-state index contributed by atoms with van der Waals surface area (Å²) in [7, 11) is -0.617. The highest BCUT2D eigenvalue weighted by atomic mass is 32.2. The molecular weight excluding hydrogens is 505 g/mol. The first-order chi connectivity index (χ1) is 18.3. The van der Waals surface area contributed by atoms with Crippen molar-refractivity contribution in [3.05, 3.63) is 77.6 Å². The minimum Gasteiger partial charge on any atom is -0.497 e. The average molecular weight is 540 g/mol. The molecule has 1 atom stereocenters. The molecule has 0 bridgehead atoms. The molecule has 38 heavy (non-hydrogen) atoms. The molecule has 2 aliphatic heterocycles. The second kappa shape index (κ2) is 10.8. The largest absolute Gasteiger partial charge is 0.497 e. The van der Waals surface area contributed by atoms with Crippen LogP contribution in [-0.2, 0) is 16.4 Å². The lowest BCUT2D eigenvalue weighted by atomic mass is 9.95. The van der Waals surface area contributed by atoms with Gasteiger partial charge in [0.15, 0.2) is 0 Å². The molecule has 0 aromatic heterocycles. The molecule has 0 spiro atoms. The van der Waals surface area contributed by atoms with E-state index in [0.29, 0.717) is 18.0 Å². The second-order valence-electron chi connectivity index (χ2n) is 9.73. The summed E-state index contributed by atoms with van der Waals surface area (Å²) in [6, 6.07) is 17.4. The summed E-state index contributed by atoms with van der Waals surface area (Å²) in [6.07, 6.45) is 1.63. The highest BCUT2D eigenvalue weighted by Gasteiger charge is 2.34. The summed E-state index contributed by atoms with van der Waals surface area (Å²) in [6.45, 7) is 5.69. The number of methoxy groups -OCH3 is 2. The van der Waals surface area contributed by atoms with Crippen molar-refractivity contribution in [2.45, 2.75) is 30.7 Å². The summed E-state index contributed by atoms with van der Waals surface area (Å²) in [5, 5.41) is 0. The molecule has 1 fully saturated rings. The summed E-state index contributed by atoms with van der Waals surface area (Å²) < 4.78 is 53.5. The van der Waals surface area contributed by atoms with Crippen LogP contribution in [0.2, 0.25) is 0 Å². The Hall–Kier alpha value is -3.30. The van der Waals surface area contributed by atoms with Gasteiger partial charge in [-0.05, 0) is 67.3 Å². The van der Waals surface area contributed by atoms with E-state index in [1.54, 1.807) is 48.9 Å². The molecule has 0 amide bonds. The van der Waals surface area contributed by atoms with Gasteiger partial charge in [-0.3, -0.25) is 9.21 Å². The Kier molecular flexibility index (Phi) is 7.49. The number of hydrogen-bond donors (Lipinski definition) is 0. The van der Waals surface area contributed by atoms with Crippen LogP contribution in [0.4, 0.5) is 15.8 Å². The number of nitrogens with zero attached hydrogens (tertiary/aromatic N) is 3. The lowest BCUT2D eigenvalue weighted by Gasteiger charge is -2.41. The van der Waals surface area contributed by atoms with Crippen molar-refractivity contribution >= 4 is 21.4 Å². The molecule has 9 heteroatoms. The average Bonchev–Trinajstić information content (AvgIpc) is 2.96. The molecule has 1 saturated heterocycles. The maximum Gasteiger partial charge on any atom is 0.264 e. The van der Waals surface area contributed by atoms with Gasteiger partial charge in [-0.25, -0.2) is 12.8 Å². The molecule has 1 unspecified atom stereocenters. The molecular formula is C29H34FN3O4S. The number of anilines is 2. The number of para-hydroxylation sites is 1. The van der Waals surface area contributed by atoms with Gasteiger partial charge in [0.05, 0.1) is 30.5 Å². The molecule has 202 valence electrons. The van der Waals surface area contributed by atoms with E-state index in [0.717, 1.165) is 61.5 Å². The number of piperazine rings is 1. The van der Waals surface area contributed by atoms with Gasteiger partial charge in [0, 0.05) is 44.8 Å². The summed E-state index contributed by atoms with van der Waals surface area (Å²) >= 11 is 0. The van der Waals surface area contributed by atoms with E-state index >= 15 is 0 Å². The highest BCUT2D eigenvalue weighted by Crippen LogP contribution is 2.40. The standard InChI is InChI=1S/C29H34FN3O4S/c1-21(31-16-18-32(19-17-31)27-14-9-23(30)20-28(27)37-3)26-8-4-6-22-7-5-15-33(29(22)26)38(34,35)25-12-10-24(36-2)11-13-25/h4,6,8-14,20-21H,5,7,15-19H2,1-3H3. The van der Waals surface area contributed by atoms with Crippen LogP contribution >= 0.6 is 0 Å². The Morgan fingerprint density at radius 2 is 1.63 bits per heavy atom. The third-order valence-corrected chi connectivity index (χ3v) is 9.46. The van der Waals surface area contributed by atoms with E-state index in [4.69, 9.17) is 9.47 Å². The first-order valence-corrected chi connectivity index (χ1v) is 14.4. The molecule has 0 saturated carbocycles. The van der Waals surface area contributed by atoms with E-state index in [2.05, 4.69) is 22.8 Å². The molecule has 5 rings (SSSR count). The molecule has 3 aromatic carbocycles. The lowest BCUT2D eigenvalue weighted by molar-refractivity contribution is 0.198. The topological polar surface area (TPSA) is 62.3 Å². The maximum atomic E-state index is 13.8. The number of benzene rings is 3. The highest BCUT2D eigenvalue weighted by molar-refractivity contribution is 7.92. The van der Waals surface area contributed by atoms with E-state index in [1.165, 1.54) is 12.1 Å². The zero-order chi connectivity index (χ0) is 26.9. The first-order valence-electron chi connectivity index (χ1n) is 12.9. The van der Waals surface area contributed by atoms with Crippen molar-refractivity contribution in [2.24, 2.45) is 0 Å². The SMILES string of the molecule is COc1ccc(S(=O)(=O)N2CCCc3cccc(C(C)N4CCN(c5ccc(F)cc5OC)CC4)c32)cc1. The Balaban J connectivity index is 1.40. The van der Waals surface area contributed by atoms with E-state index in [-0.39, 0.29) is 16.8 Å². The summed E-state index contributed by atoms with van der Waals surface area (Å²) in [5.74, 6) is 0.832. The number of halogens is 1. The van der Waals surface area contributed by atoms with Crippen LogP contribution in [0.5, 0.6) is 11.5 Å². The fourth-order valence-electron chi connectivity index (χ4n) is 5.55. The second-order valence-corrected chi connectivity index (χ2v) is 11.6. The molecule has 0 radical (unpaired) electrons. The third-order valence-electron chi connectivity index (χ3n) is 7.65. The predicted molar refractivity (Wildman–Crippen MR) is 147 cm³/mol. The summed E-state index contributed by atoms with van der Waals surface area (Å²) in [4.78, 5) is 4.85.